The van der Waals surface area contributed by atoms with Crippen LogP contribution in [0.1, 0.15) is 36.0 Å². The molecule has 0 amide bonds. The molecule has 1 atom stereocenters. The highest BCUT2D eigenvalue weighted by Gasteiger charge is 2.36. The van der Waals surface area contributed by atoms with Crippen molar-refractivity contribution in [2.75, 3.05) is 33.3 Å². The Balaban J connectivity index is 1.82. The van der Waals surface area contributed by atoms with Crippen molar-refractivity contribution in [3.8, 4) is 0 Å². The van der Waals surface area contributed by atoms with Gasteiger partial charge in [0, 0.05) is 19.1 Å². The van der Waals surface area contributed by atoms with E-state index in [9.17, 15) is 13.2 Å². The molecule has 2 heterocycles. The molecule has 0 radical (unpaired) electrons. The van der Waals surface area contributed by atoms with Crippen LogP contribution in [0.4, 0.5) is 0 Å². The van der Waals surface area contributed by atoms with Crippen molar-refractivity contribution >= 4 is 16.0 Å². The first-order valence-corrected chi connectivity index (χ1v) is 9.89. The molecule has 0 saturated carbocycles. The molecule has 2 aliphatic heterocycles. The quantitative estimate of drug-likeness (QED) is 0.755. The number of nitrogens with zero attached hydrogens (tertiary/aromatic N) is 2. The lowest BCUT2D eigenvalue weighted by Gasteiger charge is -2.28. The fourth-order valence-corrected chi connectivity index (χ4v) is 5.34. The van der Waals surface area contributed by atoms with Gasteiger partial charge in [0.05, 0.1) is 17.6 Å². The minimum atomic E-state index is -3.59. The van der Waals surface area contributed by atoms with Crippen molar-refractivity contribution in [1.82, 2.24) is 9.21 Å². The van der Waals surface area contributed by atoms with Gasteiger partial charge >= 0.3 is 5.97 Å². The number of hydrogen-bond acceptors (Lipinski definition) is 5. The van der Waals surface area contributed by atoms with Crippen molar-refractivity contribution < 1.29 is 17.9 Å². The van der Waals surface area contributed by atoms with Crippen LogP contribution in [0.15, 0.2) is 29.2 Å². The highest BCUT2D eigenvalue weighted by atomic mass is 32.2. The number of sulfonamides is 1. The SMILES string of the molecule is COC(=O)c1cccc(S(=O)(=O)N2CCCC2CN2CCCC2)c1. The molecule has 0 aromatic heterocycles. The standard InChI is InChI=1S/C17H24N2O4S/c1-23-17(20)14-6-4-8-16(12-14)24(21,22)19-11-5-7-15(19)13-18-9-2-3-10-18/h4,6,8,12,15H,2-3,5,7,9-11,13H2,1H3. The number of carbonyl (C=O) groups is 1. The summed E-state index contributed by atoms with van der Waals surface area (Å²) in [4.78, 5) is 14.2. The van der Waals surface area contributed by atoms with Gasteiger partial charge in [0.25, 0.3) is 0 Å². The van der Waals surface area contributed by atoms with E-state index in [1.807, 2.05) is 0 Å². The molecule has 1 aromatic carbocycles. The molecule has 2 fully saturated rings. The van der Waals surface area contributed by atoms with Crippen LogP contribution in [0.25, 0.3) is 0 Å². The van der Waals surface area contributed by atoms with Crippen LogP contribution < -0.4 is 0 Å². The fraction of sp³-hybridized carbons (Fsp3) is 0.588. The molecule has 0 N–H and O–H groups in total. The number of esters is 1. The second-order valence-electron chi connectivity index (χ2n) is 6.44. The molecule has 0 aliphatic carbocycles. The largest absolute Gasteiger partial charge is 0.465 e. The summed E-state index contributed by atoms with van der Waals surface area (Å²) in [5, 5.41) is 0. The van der Waals surface area contributed by atoms with E-state index in [2.05, 4.69) is 9.64 Å². The van der Waals surface area contributed by atoms with E-state index in [1.54, 1.807) is 22.5 Å². The van der Waals surface area contributed by atoms with Gasteiger partial charge in [-0.25, -0.2) is 13.2 Å². The molecule has 2 saturated heterocycles. The van der Waals surface area contributed by atoms with Crippen LogP contribution in [-0.2, 0) is 14.8 Å². The zero-order valence-electron chi connectivity index (χ0n) is 14.0. The van der Waals surface area contributed by atoms with E-state index in [0.29, 0.717) is 6.54 Å². The van der Waals surface area contributed by atoms with Crippen molar-refractivity contribution in [2.45, 2.75) is 36.6 Å². The predicted octanol–water partition coefficient (Wildman–Crippen LogP) is 1.72. The minimum Gasteiger partial charge on any atom is -0.465 e. The number of carbonyl (C=O) groups excluding carboxylic acids is 1. The van der Waals surface area contributed by atoms with Crippen LogP contribution >= 0.6 is 0 Å². The Bertz CT molecular complexity index is 698. The first kappa shape index (κ1) is 17.4. The van der Waals surface area contributed by atoms with Gasteiger partial charge in [-0.3, -0.25) is 0 Å². The molecular formula is C17H24N2O4S. The van der Waals surface area contributed by atoms with Gasteiger partial charge in [0.1, 0.15) is 0 Å². The fourth-order valence-electron chi connectivity index (χ4n) is 3.61. The summed E-state index contributed by atoms with van der Waals surface area (Å²) >= 11 is 0. The van der Waals surface area contributed by atoms with Gasteiger partial charge in [-0.2, -0.15) is 4.31 Å². The van der Waals surface area contributed by atoms with Crippen molar-refractivity contribution in [3.05, 3.63) is 29.8 Å². The summed E-state index contributed by atoms with van der Waals surface area (Å²) in [5.41, 5.74) is 0.258. The molecule has 3 rings (SSSR count). The lowest BCUT2D eigenvalue weighted by Crippen LogP contribution is -2.42. The number of rotatable bonds is 5. The monoisotopic (exact) mass is 352 g/mol. The van der Waals surface area contributed by atoms with Crippen LogP contribution in [0, 0.1) is 0 Å². The predicted molar refractivity (Wildman–Crippen MR) is 90.4 cm³/mol. The maximum atomic E-state index is 13.0. The summed E-state index contributed by atoms with van der Waals surface area (Å²) in [6, 6.07) is 6.13. The van der Waals surface area contributed by atoms with E-state index in [0.717, 1.165) is 32.5 Å². The Kier molecular flexibility index (Phi) is 5.22. The zero-order chi connectivity index (χ0) is 17.2. The van der Waals surface area contributed by atoms with E-state index in [1.165, 1.54) is 26.0 Å². The summed E-state index contributed by atoms with van der Waals surface area (Å²) in [6.45, 7) is 3.46. The Morgan fingerprint density at radius 2 is 1.96 bits per heavy atom. The van der Waals surface area contributed by atoms with Crippen molar-refractivity contribution in [2.24, 2.45) is 0 Å². The summed E-state index contributed by atoms with van der Waals surface area (Å²) in [7, 11) is -2.31. The second kappa shape index (κ2) is 7.21. The van der Waals surface area contributed by atoms with E-state index in [4.69, 9.17) is 0 Å². The topological polar surface area (TPSA) is 66.9 Å². The molecule has 1 unspecified atom stereocenters. The van der Waals surface area contributed by atoms with Crippen LogP contribution in [-0.4, -0.2) is 62.9 Å². The highest BCUT2D eigenvalue weighted by molar-refractivity contribution is 7.89. The molecule has 2 aliphatic rings. The molecule has 0 bridgehead atoms. The first-order valence-electron chi connectivity index (χ1n) is 8.45. The van der Waals surface area contributed by atoms with Gasteiger partial charge < -0.3 is 9.64 Å². The molecule has 6 nitrogen and oxygen atoms in total. The van der Waals surface area contributed by atoms with Crippen molar-refractivity contribution in [3.63, 3.8) is 0 Å². The third-order valence-electron chi connectivity index (χ3n) is 4.85. The lowest BCUT2D eigenvalue weighted by atomic mass is 10.2. The van der Waals surface area contributed by atoms with E-state index >= 15 is 0 Å². The second-order valence-corrected chi connectivity index (χ2v) is 8.33. The molecule has 24 heavy (non-hydrogen) atoms. The third kappa shape index (κ3) is 3.48. The number of likely N-dealkylation sites (tertiary alicyclic amines) is 1. The summed E-state index contributed by atoms with van der Waals surface area (Å²) in [5.74, 6) is -0.526. The third-order valence-corrected chi connectivity index (χ3v) is 6.80. The smallest absolute Gasteiger partial charge is 0.337 e. The van der Waals surface area contributed by atoms with Crippen LogP contribution in [0.3, 0.4) is 0 Å². The molecule has 7 heteroatoms. The maximum Gasteiger partial charge on any atom is 0.337 e. The highest BCUT2D eigenvalue weighted by Crippen LogP contribution is 2.28. The molecular weight excluding hydrogens is 328 g/mol. The Labute approximate surface area is 143 Å². The molecule has 1 aromatic rings. The number of hydrogen-bond donors (Lipinski definition) is 0. The van der Waals surface area contributed by atoms with Crippen LogP contribution in [0.2, 0.25) is 0 Å². The van der Waals surface area contributed by atoms with Gasteiger partial charge in [-0.05, 0) is 57.0 Å². The number of ether oxygens (including phenoxy) is 1. The normalized spacial score (nSPS) is 22.8. The molecule has 132 valence electrons. The first-order chi connectivity index (χ1) is 11.5. The summed E-state index contributed by atoms with van der Waals surface area (Å²) in [6.07, 6.45) is 4.17. The van der Waals surface area contributed by atoms with Gasteiger partial charge in [0.15, 0.2) is 0 Å². The zero-order valence-corrected chi connectivity index (χ0v) is 14.8. The molecule has 0 spiro atoms. The number of benzene rings is 1. The van der Waals surface area contributed by atoms with E-state index < -0.39 is 16.0 Å². The Hall–Kier alpha value is -1.44. The minimum absolute atomic E-state index is 0.0230. The van der Waals surface area contributed by atoms with Crippen LogP contribution in [0.5, 0.6) is 0 Å². The van der Waals surface area contributed by atoms with Gasteiger partial charge in [-0.1, -0.05) is 6.07 Å². The van der Waals surface area contributed by atoms with E-state index in [-0.39, 0.29) is 16.5 Å². The van der Waals surface area contributed by atoms with Crippen molar-refractivity contribution in [1.29, 1.82) is 0 Å². The van der Waals surface area contributed by atoms with Gasteiger partial charge in [-0.15, -0.1) is 0 Å². The van der Waals surface area contributed by atoms with Gasteiger partial charge in [0.2, 0.25) is 10.0 Å². The lowest BCUT2D eigenvalue weighted by molar-refractivity contribution is 0.0600. The number of methoxy groups -OCH3 is 1. The average Bonchev–Trinajstić information content (AvgIpc) is 3.26. The maximum absolute atomic E-state index is 13.0. The Morgan fingerprint density at radius 3 is 2.67 bits per heavy atom. The average molecular weight is 352 g/mol. The summed E-state index contributed by atoms with van der Waals surface area (Å²) < 4.78 is 32.4. The Morgan fingerprint density at radius 1 is 1.21 bits per heavy atom.